The van der Waals surface area contributed by atoms with Crippen molar-refractivity contribution < 1.29 is 34.5 Å². The van der Waals surface area contributed by atoms with E-state index in [4.69, 9.17) is 11.6 Å². The fraction of sp³-hybridized carbons (Fsp3) is 0.267. The highest BCUT2D eigenvalue weighted by Gasteiger charge is 2.64. The lowest BCUT2D eigenvalue weighted by Crippen LogP contribution is -2.62. The van der Waals surface area contributed by atoms with Gasteiger partial charge in [-0.3, -0.25) is 19.2 Å². The van der Waals surface area contributed by atoms with E-state index in [0.29, 0.717) is 11.4 Å². The molecule has 1 aliphatic rings. The largest absolute Gasteiger partial charge is 0.481 e. The fourth-order valence-electron chi connectivity index (χ4n) is 5.43. The maximum Gasteiger partial charge on any atom is 0.308 e. The van der Waals surface area contributed by atoms with Crippen LogP contribution < -0.4 is 5.32 Å². The van der Waals surface area contributed by atoms with Crippen LogP contribution >= 0.6 is 11.6 Å². The molecule has 4 atom stereocenters. The summed E-state index contributed by atoms with van der Waals surface area (Å²) in [7, 11) is 0. The molecular weight excluding hydrogens is 522 g/mol. The molecule has 0 aromatic heterocycles. The lowest BCUT2D eigenvalue weighted by Gasteiger charge is -2.44. The van der Waals surface area contributed by atoms with Crippen LogP contribution in [0.4, 0.5) is 0 Å². The van der Waals surface area contributed by atoms with E-state index in [9.17, 15) is 34.5 Å². The third kappa shape index (κ3) is 5.96. The molecule has 0 bridgehead atoms. The molecule has 3 aromatic rings. The van der Waals surface area contributed by atoms with Crippen molar-refractivity contribution in [2.75, 3.05) is 0 Å². The number of rotatable bonds is 10. The monoisotopic (exact) mass is 549 g/mol. The summed E-state index contributed by atoms with van der Waals surface area (Å²) in [6.45, 7) is 1.77. The van der Waals surface area contributed by atoms with Crippen molar-refractivity contribution >= 4 is 35.4 Å². The minimum atomic E-state index is -1.68. The van der Waals surface area contributed by atoms with Crippen LogP contribution in [0, 0.1) is 23.7 Å². The Morgan fingerprint density at radius 1 is 0.718 bits per heavy atom. The molecule has 0 radical (unpaired) electrons. The molecule has 9 heteroatoms. The first-order valence-corrected chi connectivity index (χ1v) is 12.8. The highest BCUT2D eigenvalue weighted by atomic mass is 35.5. The molecule has 2 unspecified atom stereocenters. The molecular formula is C30H28ClNO7. The molecule has 4 rings (SSSR count). The van der Waals surface area contributed by atoms with Gasteiger partial charge in [0.15, 0.2) is 0 Å². The molecule has 1 saturated carbocycles. The van der Waals surface area contributed by atoms with Crippen molar-refractivity contribution in [3.63, 3.8) is 0 Å². The van der Waals surface area contributed by atoms with Crippen LogP contribution in [0.25, 0.3) is 11.1 Å². The van der Waals surface area contributed by atoms with Gasteiger partial charge in [-0.25, -0.2) is 0 Å². The number of halogens is 1. The van der Waals surface area contributed by atoms with Crippen molar-refractivity contribution in [2.45, 2.75) is 25.3 Å². The Morgan fingerprint density at radius 3 is 1.72 bits per heavy atom. The zero-order valence-corrected chi connectivity index (χ0v) is 21.8. The summed E-state index contributed by atoms with van der Waals surface area (Å²) in [6, 6.07) is 24.5. The molecule has 8 nitrogen and oxygen atoms in total. The Labute approximate surface area is 230 Å². The highest BCUT2D eigenvalue weighted by molar-refractivity contribution is 6.30. The number of carbonyl (C=O) groups excluding carboxylic acids is 1. The Kier molecular flexibility index (Phi) is 8.35. The normalized spacial score (nSPS) is 21.7. The number of aliphatic carboxylic acids is 3. The quantitative estimate of drug-likeness (QED) is 0.290. The average Bonchev–Trinajstić information content (AvgIpc) is 2.87. The number of amides is 1. The summed E-state index contributed by atoms with van der Waals surface area (Å²) in [5.74, 6) is -12.1. The molecule has 202 valence electrons. The van der Waals surface area contributed by atoms with Crippen LogP contribution in [0.2, 0.25) is 5.02 Å². The van der Waals surface area contributed by atoms with E-state index in [1.807, 2.05) is 66.7 Å². The van der Waals surface area contributed by atoms with Crippen LogP contribution in [0.5, 0.6) is 0 Å². The van der Waals surface area contributed by atoms with Gasteiger partial charge in [0.1, 0.15) is 0 Å². The Hall–Kier alpha value is -4.17. The number of carboxylic acid groups (broad SMARTS) is 3. The minimum absolute atomic E-state index is 0.262. The first-order valence-electron chi connectivity index (χ1n) is 12.5. The van der Waals surface area contributed by atoms with Crippen LogP contribution in [0.3, 0.4) is 0 Å². The summed E-state index contributed by atoms with van der Waals surface area (Å²) in [5.41, 5.74) is 3.94. The SMILES string of the molecule is C[C@H](NC(=O)C1C(C(=O)O)C(C(=O)O)C1C(=O)O)[C@H](Cc1ccc(Cl)cc1)c1ccc(-c2ccccc2)cc1. The molecule has 1 aliphatic carbocycles. The Morgan fingerprint density at radius 2 is 1.21 bits per heavy atom. The second-order valence-corrected chi connectivity index (χ2v) is 10.3. The topological polar surface area (TPSA) is 141 Å². The predicted molar refractivity (Wildman–Crippen MR) is 144 cm³/mol. The van der Waals surface area contributed by atoms with Gasteiger partial charge >= 0.3 is 17.9 Å². The lowest BCUT2D eigenvalue weighted by molar-refractivity contribution is -0.187. The third-order valence-electron chi connectivity index (χ3n) is 7.49. The van der Waals surface area contributed by atoms with E-state index in [2.05, 4.69) is 5.32 Å². The Balaban J connectivity index is 1.61. The molecule has 0 saturated heterocycles. The van der Waals surface area contributed by atoms with Gasteiger partial charge in [-0.1, -0.05) is 78.3 Å². The first kappa shape index (κ1) is 27.9. The minimum Gasteiger partial charge on any atom is -0.481 e. The first-order chi connectivity index (χ1) is 18.6. The average molecular weight is 550 g/mol. The maximum atomic E-state index is 13.3. The molecule has 0 aliphatic heterocycles. The van der Waals surface area contributed by atoms with Gasteiger partial charge in [0.2, 0.25) is 5.91 Å². The van der Waals surface area contributed by atoms with Crippen molar-refractivity contribution in [2.24, 2.45) is 23.7 Å². The van der Waals surface area contributed by atoms with Gasteiger partial charge in [-0.2, -0.15) is 0 Å². The Bertz CT molecular complexity index is 1340. The van der Waals surface area contributed by atoms with E-state index < -0.39 is 53.5 Å². The number of hydrogen-bond donors (Lipinski definition) is 4. The van der Waals surface area contributed by atoms with E-state index in [-0.39, 0.29) is 5.92 Å². The highest BCUT2D eigenvalue weighted by Crippen LogP contribution is 2.47. The fourth-order valence-corrected chi connectivity index (χ4v) is 5.55. The second-order valence-electron chi connectivity index (χ2n) is 9.84. The van der Waals surface area contributed by atoms with Crippen LogP contribution in [-0.2, 0) is 25.6 Å². The van der Waals surface area contributed by atoms with Gasteiger partial charge < -0.3 is 20.6 Å². The molecule has 1 fully saturated rings. The molecule has 39 heavy (non-hydrogen) atoms. The smallest absolute Gasteiger partial charge is 0.308 e. The number of hydrogen-bond acceptors (Lipinski definition) is 4. The summed E-state index contributed by atoms with van der Waals surface area (Å²) < 4.78 is 0. The van der Waals surface area contributed by atoms with E-state index in [1.54, 1.807) is 19.1 Å². The van der Waals surface area contributed by atoms with Gasteiger partial charge in [0.05, 0.1) is 23.7 Å². The number of nitrogens with one attached hydrogen (secondary N) is 1. The summed E-state index contributed by atoms with van der Waals surface area (Å²) >= 11 is 6.05. The predicted octanol–water partition coefficient (Wildman–Crippen LogP) is 4.57. The van der Waals surface area contributed by atoms with E-state index >= 15 is 0 Å². The molecule has 0 heterocycles. The standard InChI is InChI=1S/C30H28ClNO7/c1-16(32-27(33)23-24(28(34)35)26(30(38)39)25(23)29(36)37)22(15-17-7-13-21(31)14-8-17)20-11-9-19(10-12-20)18-5-3-2-4-6-18/h2-14,16,22-26H,15H2,1H3,(H,32,33)(H,34,35)(H,36,37)(H,38,39)/t16-,22-,23?,24?,25?,26?/m0/s1. The van der Waals surface area contributed by atoms with Crippen LogP contribution in [0.1, 0.15) is 24.0 Å². The molecule has 0 spiro atoms. The van der Waals surface area contributed by atoms with Crippen molar-refractivity contribution in [1.82, 2.24) is 5.32 Å². The third-order valence-corrected chi connectivity index (χ3v) is 7.75. The van der Waals surface area contributed by atoms with Crippen molar-refractivity contribution in [3.05, 3.63) is 95.0 Å². The summed E-state index contributed by atoms with van der Waals surface area (Å²) in [6.07, 6.45) is 0.510. The summed E-state index contributed by atoms with van der Waals surface area (Å²) in [5, 5.41) is 32.0. The molecule has 1 amide bonds. The van der Waals surface area contributed by atoms with Crippen LogP contribution in [0.15, 0.2) is 78.9 Å². The molecule has 4 N–H and O–H groups in total. The van der Waals surface area contributed by atoms with E-state index in [1.165, 1.54) is 0 Å². The number of carboxylic acids is 3. The van der Waals surface area contributed by atoms with Gasteiger partial charge in [0.25, 0.3) is 0 Å². The zero-order chi connectivity index (χ0) is 28.3. The second kappa shape index (κ2) is 11.7. The maximum absolute atomic E-state index is 13.3. The van der Waals surface area contributed by atoms with Crippen molar-refractivity contribution in [3.8, 4) is 11.1 Å². The zero-order valence-electron chi connectivity index (χ0n) is 21.0. The number of carbonyl (C=O) groups is 4. The van der Waals surface area contributed by atoms with E-state index in [0.717, 1.165) is 22.3 Å². The van der Waals surface area contributed by atoms with Gasteiger partial charge in [-0.05, 0) is 47.7 Å². The number of benzene rings is 3. The van der Waals surface area contributed by atoms with Gasteiger partial charge in [-0.15, -0.1) is 0 Å². The summed E-state index contributed by atoms with van der Waals surface area (Å²) in [4.78, 5) is 48.4. The lowest BCUT2D eigenvalue weighted by atomic mass is 9.56. The molecule has 3 aromatic carbocycles. The van der Waals surface area contributed by atoms with Gasteiger partial charge in [0, 0.05) is 17.0 Å². The van der Waals surface area contributed by atoms with Crippen molar-refractivity contribution in [1.29, 1.82) is 0 Å². The van der Waals surface area contributed by atoms with Crippen LogP contribution in [-0.4, -0.2) is 45.2 Å².